The zero-order valence-corrected chi connectivity index (χ0v) is 15.5. The highest BCUT2D eigenvalue weighted by atomic mass is 16.3. The summed E-state index contributed by atoms with van der Waals surface area (Å²) in [6.45, 7) is 2.72. The van der Waals surface area contributed by atoms with E-state index in [0.29, 0.717) is 19.4 Å². The number of hydrogen-bond donors (Lipinski definition) is 1. The van der Waals surface area contributed by atoms with Crippen LogP contribution in [0.5, 0.6) is 0 Å². The second kappa shape index (κ2) is 9.19. The van der Waals surface area contributed by atoms with Crippen LogP contribution in [-0.2, 0) is 17.8 Å². The maximum atomic E-state index is 12.8. The van der Waals surface area contributed by atoms with Crippen LogP contribution >= 0.6 is 0 Å². The Morgan fingerprint density at radius 2 is 1.89 bits per heavy atom. The third-order valence-electron chi connectivity index (χ3n) is 4.55. The van der Waals surface area contributed by atoms with Gasteiger partial charge in [0, 0.05) is 19.4 Å². The third-order valence-corrected chi connectivity index (χ3v) is 4.55. The first-order valence-electron chi connectivity index (χ1n) is 9.20. The molecule has 0 radical (unpaired) electrons. The van der Waals surface area contributed by atoms with E-state index in [1.807, 2.05) is 73.7 Å². The first kappa shape index (κ1) is 18.9. The number of carbonyl (C=O) groups is 1. The first-order valence-corrected chi connectivity index (χ1v) is 9.20. The highest BCUT2D eigenvalue weighted by Gasteiger charge is 2.19. The minimum absolute atomic E-state index is 0.00181. The van der Waals surface area contributed by atoms with Gasteiger partial charge in [-0.3, -0.25) is 4.79 Å². The molecule has 3 aromatic rings. The fourth-order valence-corrected chi connectivity index (χ4v) is 3.09. The van der Waals surface area contributed by atoms with Gasteiger partial charge in [0.05, 0.1) is 18.9 Å². The maximum absolute atomic E-state index is 12.8. The van der Waals surface area contributed by atoms with Crippen molar-refractivity contribution < 1.29 is 14.3 Å². The molecule has 0 saturated heterocycles. The van der Waals surface area contributed by atoms with Gasteiger partial charge < -0.3 is 14.4 Å². The molecule has 4 nitrogen and oxygen atoms in total. The number of carbonyl (C=O) groups excluding carboxylic acids is 1. The van der Waals surface area contributed by atoms with Gasteiger partial charge in [-0.15, -0.1) is 0 Å². The summed E-state index contributed by atoms with van der Waals surface area (Å²) in [7, 11) is 0. The van der Waals surface area contributed by atoms with Crippen LogP contribution in [0.4, 0.5) is 0 Å². The van der Waals surface area contributed by atoms with E-state index in [4.69, 9.17) is 4.42 Å². The molecule has 2 aromatic carbocycles. The summed E-state index contributed by atoms with van der Waals surface area (Å²) in [5.41, 5.74) is 2.96. The Kier molecular flexibility index (Phi) is 6.44. The molecular formula is C23H25NO3. The Bertz CT molecular complexity index is 843. The lowest BCUT2D eigenvalue weighted by atomic mass is 10.1. The predicted octanol–water partition coefficient (Wildman–Crippen LogP) is 4.28. The van der Waals surface area contributed by atoms with Crippen molar-refractivity contribution in [2.45, 2.75) is 32.4 Å². The smallest absolute Gasteiger partial charge is 0.223 e. The maximum Gasteiger partial charge on any atom is 0.223 e. The highest BCUT2D eigenvalue weighted by Crippen LogP contribution is 2.18. The molecule has 0 aliphatic rings. The molecule has 0 aliphatic heterocycles. The molecule has 1 N–H and O–H groups in total. The number of amides is 1. The van der Waals surface area contributed by atoms with Gasteiger partial charge in [0.15, 0.2) is 0 Å². The largest absolute Gasteiger partial charge is 0.469 e. The topological polar surface area (TPSA) is 53.7 Å². The van der Waals surface area contributed by atoms with Crippen LogP contribution in [0.1, 0.15) is 35.0 Å². The van der Waals surface area contributed by atoms with E-state index < -0.39 is 6.10 Å². The number of nitrogens with zero attached hydrogens (tertiary/aromatic N) is 1. The van der Waals surface area contributed by atoms with Crippen LogP contribution in [0.3, 0.4) is 0 Å². The summed E-state index contributed by atoms with van der Waals surface area (Å²) >= 11 is 0. The van der Waals surface area contributed by atoms with Crippen molar-refractivity contribution in [2.24, 2.45) is 0 Å². The van der Waals surface area contributed by atoms with Gasteiger partial charge in [0.25, 0.3) is 0 Å². The minimum Gasteiger partial charge on any atom is -0.469 e. The van der Waals surface area contributed by atoms with Crippen LogP contribution in [0, 0.1) is 6.92 Å². The normalized spacial score (nSPS) is 11.9. The van der Waals surface area contributed by atoms with Crippen LogP contribution in [0.2, 0.25) is 0 Å². The number of aryl methyl sites for hydroxylation is 2. The van der Waals surface area contributed by atoms with E-state index in [0.717, 1.165) is 22.5 Å². The zero-order valence-electron chi connectivity index (χ0n) is 15.5. The average Bonchev–Trinajstić information content (AvgIpc) is 3.20. The molecular weight excluding hydrogens is 338 g/mol. The Balaban J connectivity index is 1.71. The van der Waals surface area contributed by atoms with Gasteiger partial charge >= 0.3 is 0 Å². The summed E-state index contributed by atoms with van der Waals surface area (Å²) < 4.78 is 5.33. The van der Waals surface area contributed by atoms with Crippen molar-refractivity contribution >= 4 is 5.91 Å². The second-order valence-electron chi connectivity index (χ2n) is 6.77. The molecule has 0 unspecified atom stereocenters. The minimum atomic E-state index is -0.721. The van der Waals surface area contributed by atoms with Gasteiger partial charge in [-0.25, -0.2) is 0 Å². The lowest BCUT2D eigenvalue weighted by Crippen LogP contribution is -2.34. The lowest BCUT2D eigenvalue weighted by Gasteiger charge is -2.26. The van der Waals surface area contributed by atoms with Gasteiger partial charge in [-0.1, -0.05) is 60.2 Å². The van der Waals surface area contributed by atoms with E-state index in [2.05, 4.69) is 0 Å². The summed E-state index contributed by atoms with van der Waals surface area (Å²) in [5, 5.41) is 10.7. The van der Waals surface area contributed by atoms with Crippen LogP contribution in [0.25, 0.3) is 0 Å². The van der Waals surface area contributed by atoms with Crippen LogP contribution < -0.4 is 0 Å². The van der Waals surface area contributed by atoms with Gasteiger partial charge in [0.1, 0.15) is 5.76 Å². The summed E-state index contributed by atoms with van der Waals surface area (Å²) in [6, 6.07) is 21.3. The summed E-state index contributed by atoms with van der Waals surface area (Å²) in [5.74, 6) is 0.796. The molecule has 140 valence electrons. The SMILES string of the molecule is Cc1cccc([C@@H](O)CN(Cc2ccccc2)C(=O)CCc2ccco2)c1. The standard InChI is InChI=1S/C23H25NO3/c1-18-7-5-10-20(15-18)22(25)17-24(16-19-8-3-2-4-9-19)23(26)13-12-21-11-6-14-27-21/h2-11,14-15,22,25H,12-13,16-17H2,1H3/t22-/m0/s1. The van der Waals surface area contributed by atoms with E-state index in [1.54, 1.807) is 11.2 Å². The summed E-state index contributed by atoms with van der Waals surface area (Å²) in [6.07, 6.45) is 1.79. The predicted molar refractivity (Wildman–Crippen MR) is 105 cm³/mol. The van der Waals surface area contributed by atoms with E-state index in [1.165, 1.54) is 0 Å². The number of hydrogen-bond acceptors (Lipinski definition) is 3. The molecule has 1 heterocycles. The molecule has 0 saturated carbocycles. The Hall–Kier alpha value is -2.85. The van der Waals surface area contributed by atoms with E-state index in [9.17, 15) is 9.90 Å². The number of rotatable bonds is 8. The quantitative estimate of drug-likeness (QED) is 0.650. The second-order valence-corrected chi connectivity index (χ2v) is 6.77. The average molecular weight is 363 g/mol. The molecule has 3 rings (SSSR count). The molecule has 1 aromatic heterocycles. The van der Waals surface area contributed by atoms with Gasteiger partial charge in [0.2, 0.25) is 5.91 Å². The molecule has 4 heteroatoms. The lowest BCUT2D eigenvalue weighted by molar-refractivity contribution is -0.133. The van der Waals surface area contributed by atoms with Crippen molar-refractivity contribution in [3.05, 3.63) is 95.4 Å². The molecule has 0 aliphatic carbocycles. The highest BCUT2D eigenvalue weighted by molar-refractivity contribution is 5.76. The zero-order chi connectivity index (χ0) is 19.1. The number of aliphatic hydroxyl groups is 1. The molecule has 0 spiro atoms. The number of benzene rings is 2. The Morgan fingerprint density at radius 1 is 1.07 bits per heavy atom. The number of aliphatic hydroxyl groups excluding tert-OH is 1. The first-order chi connectivity index (χ1) is 13.1. The van der Waals surface area contributed by atoms with Crippen molar-refractivity contribution in [3.63, 3.8) is 0 Å². The Morgan fingerprint density at radius 3 is 2.59 bits per heavy atom. The monoisotopic (exact) mass is 363 g/mol. The van der Waals surface area contributed by atoms with E-state index >= 15 is 0 Å². The summed E-state index contributed by atoms with van der Waals surface area (Å²) in [4.78, 5) is 14.6. The van der Waals surface area contributed by atoms with Gasteiger partial charge in [-0.2, -0.15) is 0 Å². The molecule has 1 amide bonds. The molecule has 27 heavy (non-hydrogen) atoms. The fraction of sp³-hybridized carbons (Fsp3) is 0.261. The van der Waals surface area contributed by atoms with Crippen LogP contribution in [-0.4, -0.2) is 22.5 Å². The fourth-order valence-electron chi connectivity index (χ4n) is 3.09. The molecule has 1 atom stereocenters. The van der Waals surface area contributed by atoms with E-state index in [-0.39, 0.29) is 12.5 Å². The molecule has 0 fully saturated rings. The van der Waals surface area contributed by atoms with Crippen LogP contribution in [0.15, 0.2) is 77.4 Å². The number of furan rings is 1. The Labute approximate surface area is 160 Å². The van der Waals surface area contributed by atoms with Crippen molar-refractivity contribution in [3.8, 4) is 0 Å². The third kappa shape index (κ3) is 5.56. The van der Waals surface area contributed by atoms with Crippen molar-refractivity contribution in [1.29, 1.82) is 0 Å². The van der Waals surface area contributed by atoms with Gasteiger partial charge in [-0.05, 0) is 30.2 Å². The molecule has 0 bridgehead atoms. The van der Waals surface area contributed by atoms with Crippen molar-refractivity contribution in [2.75, 3.05) is 6.54 Å². The van der Waals surface area contributed by atoms with Crippen molar-refractivity contribution in [1.82, 2.24) is 4.90 Å².